The number of urea groups is 1. The van der Waals surface area contributed by atoms with E-state index in [0.29, 0.717) is 46.7 Å². The molecule has 0 saturated carbocycles. The van der Waals surface area contributed by atoms with E-state index in [2.05, 4.69) is 33.3 Å². The number of benzene rings is 2. The summed E-state index contributed by atoms with van der Waals surface area (Å²) in [6, 6.07) is 4.79. The van der Waals surface area contributed by atoms with Gasteiger partial charge in [0, 0.05) is 69.0 Å². The van der Waals surface area contributed by atoms with Crippen LogP contribution >= 0.6 is 23.4 Å². The molecule has 2 saturated heterocycles. The molecule has 13 heteroatoms. The molecule has 3 atom stereocenters. The molecule has 2 aromatic rings. The summed E-state index contributed by atoms with van der Waals surface area (Å²) in [6.45, 7) is 11.5. The van der Waals surface area contributed by atoms with E-state index in [1.54, 1.807) is 22.7 Å². The van der Waals surface area contributed by atoms with Gasteiger partial charge in [-0.05, 0) is 38.2 Å². The number of carbonyl (C=O) groups excluding carboxylic acids is 2. The summed E-state index contributed by atoms with van der Waals surface area (Å²) in [6.07, 6.45) is 1.31. The molecular formula is C30H34ClCsF2N6O2S+2. The number of carbonyl (C=O) groups is 2. The molecule has 3 unspecified atom stereocenters. The predicted octanol–water partition coefficient (Wildman–Crippen LogP) is 0.126. The van der Waals surface area contributed by atoms with E-state index in [4.69, 9.17) is 11.6 Å². The number of hydrogen-bond acceptors (Lipinski definition) is 6. The summed E-state index contributed by atoms with van der Waals surface area (Å²) in [4.78, 5) is 40.8. The smallest absolute Gasteiger partial charge is 0.349 e. The first-order chi connectivity index (χ1) is 20.2. The standard InChI is InChI=1S/C30H33ClF2N6O2S.Cs/c1-4-25(40)37-11-12-38(18(2)15-37)29-22-14-23(31)26(21-6-5-19(32)13-24(21)33)28-27(22)39(30(41)34-29)20(17-42-28)16-36-9-7-35(3)8-10-36;/h4-6,13-14,18,20H,1,7-12,15-17H2,2-3H3;/q;+1/p+1. The van der Waals surface area contributed by atoms with Crippen LogP contribution in [0.15, 0.2) is 46.8 Å². The number of thioether (sulfide) groups is 1. The number of rotatable bonds is 4. The van der Waals surface area contributed by atoms with Crippen LogP contribution in [-0.2, 0) is 4.79 Å². The van der Waals surface area contributed by atoms with E-state index in [0.717, 1.165) is 54.9 Å². The summed E-state index contributed by atoms with van der Waals surface area (Å²) < 4.78 is 29.0. The van der Waals surface area contributed by atoms with Gasteiger partial charge in [0.15, 0.2) is 11.5 Å². The molecule has 0 aromatic heterocycles. The molecule has 2 fully saturated rings. The van der Waals surface area contributed by atoms with E-state index in [-0.39, 0.29) is 98.5 Å². The van der Waals surface area contributed by atoms with Crippen molar-refractivity contribution in [2.45, 2.75) is 23.9 Å². The summed E-state index contributed by atoms with van der Waals surface area (Å²) in [5.74, 6) is -0.360. The number of nitrogens with zero attached hydrogens (tertiary/aromatic N) is 5. The summed E-state index contributed by atoms with van der Waals surface area (Å²) in [5.41, 5.74) is 2.16. The van der Waals surface area contributed by atoms with E-state index in [1.807, 2.05) is 6.92 Å². The Morgan fingerprint density at radius 1 is 1.16 bits per heavy atom. The number of quaternary nitrogens is 1. The monoisotopic (exact) mass is 748 g/mol. The Balaban J connectivity index is 0.00000368. The fourth-order valence-corrected chi connectivity index (χ4v) is 8.16. The van der Waals surface area contributed by atoms with E-state index in [9.17, 15) is 14.0 Å². The van der Waals surface area contributed by atoms with Crippen molar-refractivity contribution in [3.63, 3.8) is 0 Å². The normalized spacial score (nSPS) is 24.3. The Bertz CT molecular complexity index is 1490. The Morgan fingerprint density at radius 3 is 2.58 bits per heavy atom. The number of likely N-dealkylation sites (N-methyl/N-ethyl adjacent to an activating group) is 1. The summed E-state index contributed by atoms with van der Waals surface area (Å²) in [7, 11) is 2.11. The first-order valence-corrected chi connectivity index (χ1v) is 15.6. The fourth-order valence-electron chi connectivity index (χ4n) is 6.43. The van der Waals surface area contributed by atoms with Gasteiger partial charge in [-0.3, -0.25) is 9.69 Å². The van der Waals surface area contributed by atoms with Crippen molar-refractivity contribution in [2.24, 2.45) is 4.99 Å². The molecule has 0 aliphatic carbocycles. The molecule has 3 amide bonds. The van der Waals surface area contributed by atoms with Gasteiger partial charge in [0.1, 0.15) is 17.7 Å². The van der Waals surface area contributed by atoms with Crippen LogP contribution in [0.25, 0.3) is 11.1 Å². The number of hydrogen-bond donors (Lipinski definition) is 1. The van der Waals surface area contributed by atoms with Gasteiger partial charge in [-0.1, -0.05) is 18.2 Å². The molecule has 6 rings (SSSR count). The van der Waals surface area contributed by atoms with E-state index >= 15 is 4.39 Å². The predicted molar refractivity (Wildman–Crippen MR) is 161 cm³/mol. The molecule has 4 aliphatic heterocycles. The second kappa shape index (κ2) is 13.9. The quantitative estimate of drug-likeness (QED) is 0.450. The van der Waals surface area contributed by atoms with Crippen LogP contribution in [0.2, 0.25) is 5.02 Å². The zero-order chi connectivity index (χ0) is 29.7. The van der Waals surface area contributed by atoms with Gasteiger partial charge in [0.05, 0.1) is 27.8 Å². The van der Waals surface area contributed by atoms with Gasteiger partial charge in [0.2, 0.25) is 5.91 Å². The average molecular weight is 749 g/mol. The number of amides is 3. The number of piperazine rings is 2. The van der Waals surface area contributed by atoms with Gasteiger partial charge in [-0.25, -0.2) is 18.5 Å². The van der Waals surface area contributed by atoms with Crippen LogP contribution in [0.3, 0.4) is 0 Å². The van der Waals surface area contributed by atoms with Gasteiger partial charge >= 0.3 is 74.9 Å². The third kappa shape index (κ3) is 6.57. The first-order valence-electron chi connectivity index (χ1n) is 14.2. The molecule has 4 aliphatic rings. The molecule has 43 heavy (non-hydrogen) atoms. The molecule has 0 spiro atoms. The van der Waals surface area contributed by atoms with Crippen molar-refractivity contribution in [2.75, 3.05) is 65.2 Å². The molecule has 2 aromatic carbocycles. The van der Waals surface area contributed by atoms with Crippen LogP contribution in [0.1, 0.15) is 12.5 Å². The van der Waals surface area contributed by atoms with Crippen molar-refractivity contribution in [1.82, 2.24) is 19.6 Å². The van der Waals surface area contributed by atoms with Crippen molar-refractivity contribution < 1.29 is 92.2 Å². The van der Waals surface area contributed by atoms with Crippen LogP contribution in [0.4, 0.5) is 19.3 Å². The Morgan fingerprint density at radius 2 is 1.91 bits per heavy atom. The molecule has 0 radical (unpaired) electrons. The topological polar surface area (TPSA) is 63.9 Å². The first kappa shape index (κ1) is 33.6. The number of halogens is 3. The maximum absolute atomic E-state index is 15.2. The number of aliphatic imine (C=N–C) groups is 1. The van der Waals surface area contributed by atoms with E-state index in [1.165, 1.54) is 18.2 Å². The van der Waals surface area contributed by atoms with Crippen molar-refractivity contribution >= 4 is 46.8 Å². The molecular weight excluding hydrogens is 715 g/mol. The third-order valence-electron chi connectivity index (χ3n) is 8.68. The van der Waals surface area contributed by atoms with Crippen LogP contribution in [-0.4, -0.2) is 115 Å². The largest absolute Gasteiger partial charge is 1.00 e. The Labute approximate surface area is 318 Å². The van der Waals surface area contributed by atoms with Crippen molar-refractivity contribution in [1.29, 1.82) is 0 Å². The third-order valence-corrected chi connectivity index (χ3v) is 10.2. The summed E-state index contributed by atoms with van der Waals surface area (Å²) in [5, 5.41) is 0.314. The van der Waals surface area contributed by atoms with Crippen molar-refractivity contribution in [3.8, 4) is 11.1 Å². The molecule has 0 bridgehead atoms. The molecule has 4 heterocycles. The number of nitrogens with one attached hydrogen (secondary N) is 1. The maximum atomic E-state index is 15.2. The fraction of sp³-hybridized carbons (Fsp3) is 0.433. The maximum Gasteiger partial charge on any atom is 1.00 e. The second-order valence-corrected chi connectivity index (χ2v) is 12.8. The number of amidine groups is 1. The van der Waals surface area contributed by atoms with Gasteiger partial charge in [-0.15, -0.1) is 16.8 Å². The second-order valence-electron chi connectivity index (χ2n) is 11.4. The van der Waals surface area contributed by atoms with Crippen LogP contribution in [0.5, 0.6) is 0 Å². The van der Waals surface area contributed by atoms with Gasteiger partial charge < -0.3 is 14.7 Å². The van der Waals surface area contributed by atoms with Crippen molar-refractivity contribution in [3.05, 3.63) is 59.1 Å². The minimum atomic E-state index is -0.706. The van der Waals surface area contributed by atoms with E-state index < -0.39 is 11.6 Å². The Hall–Kier alpha value is -0.778. The SMILES string of the molecule is C=CC(=O)N1CCN(C2=NC(=O)[NH+]3c4c2cc(Cl)c(-c2ccc(F)cc2F)c4SCC3CN2CCN(C)CC2)C(C)C1.[Cs+]. The zero-order valence-corrected chi connectivity index (χ0v) is 32.6. The summed E-state index contributed by atoms with van der Waals surface area (Å²) >= 11 is 8.48. The molecule has 1 N–H and O–H groups in total. The van der Waals surface area contributed by atoms with Gasteiger partial charge in [0.25, 0.3) is 0 Å². The minimum absolute atomic E-state index is 0. The zero-order valence-electron chi connectivity index (χ0n) is 24.7. The minimum Gasteiger partial charge on any atom is -0.349 e. The van der Waals surface area contributed by atoms with Crippen LogP contribution in [0, 0.1) is 11.6 Å². The average Bonchev–Trinajstić information content (AvgIpc) is 2.96. The molecule has 222 valence electrons. The Kier molecular flexibility index (Phi) is 10.9. The molecule has 8 nitrogen and oxygen atoms in total. The van der Waals surface area contributed by atoms with Crippen LogP contribution < -0.4 is 73.8 Å². The van der Waals surface area contributed by atoms with Gasteiger partial charge in [-0.2, -0.15) is 0 Å².